The van der Waals surface area contributed by atoms with E-state index in [-0.39, 0.29) is 52.8 Å². The molecule has 2 rings (SSSR count). The van der Waals surface area contributed by atoms with E-state index < -0.39 is 5.97 Å². The first-order valence-electron chi connectivity index (χ1n) is 4.36. The molecular formula is C9H13KN2O2. The molecule has 1 heterocycles. The predicted molar refractivity (Wildman–Crippen MR) is 47.8 cm³/mol. The molecule has 1 aromatic heterocycles. The molecule has 2 unspecified atom stereocenters. The summed E-state index contributed by atoms with van der Waals surface area (Å²) in [4.78, 5) is 10.8. The summed E-state index contributed by atoms with van der Waals surface area (Å²) in [6, 6.07) is 0. The van der Waals surface area contributed by atoms with Gasteiger partial charge in [0.15, 0.2) is 0 Å². The van der Waals surface area contributed by atoms with Gasteiger partial charge in [0.2, 0.25) is 0 Å². The molecule has 1 saturated carbocycles. The van der Waals surface area contributed by atoms with Gasteiger partial charge in [-0.05, 0) is 12.3 Å². The van der Waals surface area contributed by atoms with Crippen LogP contribution in [0.2, 0.25) is 0 Å². The van der Waals surface area contributed by atoms with Crippen LogP contribution >= 0.6 is 0 Å². The molecule has 1 fully saturated rings. The largest absolute Gasteiger partial charge is 1.00 e. The monoisotopic (exact) mass is 220 g/mol. The Kier molecular flexibility index (Phi) is 3.93. The van der Waals surface area contributed by atoms with Gasteiger partial charge < -0.3 is 6.53 Å². The minimum atomic E-state index is -0.873. The molecule has 0 saturated heterocycles. The summed E-state index contributed by atoms with van der Waals surface area (Å²) < 4.78 is 1.68. The number of aryl methyl sites for hydroxylation is 1. The quantitative estimate of drug-likeness (QED) is 0.608. The van der Waals surface area contributed by atoms with Gasteiger partial charge in [0, 0.05) is 13.0 Å². The minimum Gasteiger partial charge on any atom is -1.00 e. The van der Waals surface area contributed by atoms with E-state index in [0.717, 1.165) is 12.1 Å². The second-order valence-electron chi connectivity index (χ2n) is 3.69. The third kappa shape index (κ3) is 2.11. The van der Waals surface area contributed by atoms with Crippen molar-refractivity contribution in [3.8, 4) is 0 Å². The van der Waals surface area contributed by atoms with Crippen LogP contribution in [0.4, 0.5) is 0 Å². The first-order valence-corrected chi connectivity index (χ1v) is 4.36. The maximum Gasteiger partial charge on any atom is 1.00 e. The van der Waals surface area contributed by atoms with Crippen LogP contribution in [0.1, 0.15) is 36.7 Å². The Bertz CT molecular complexity index is 367. The van der Waals surface area contributed by atoms with Gasteiger partial charge in [-0.3, -0.25) is 4.68 Å². The van der Waals surface area contributed by atoms with Gasteiger partial charge >= 0.3 is 57.4 Å². The summed E-state index contributed by atoms with van der Waals surface area (Å²) in [6.45, 7) is 2.13. The average Bonchev–Trinajstić information content (AvgIpc) is 2.60. The second kappa shape index (κ2) is 4.45. The van der Waals surface area contributed by atoms with Crippen molar-refractivity contribution >= 4 is 5.97 Å². The summed E-state index contributed by atoms with van der Waals surface area (Å²) in [5, 5.41) is 12.9. The summed E-state index contributed by atoms with van der Waals surface area (Å²) in [5.74, 6) is 0.134. The van der Waals surface area contributed by atoms with Crippen molar-refractivity contribution in [1.29, 1.82) is 0 Å². The number of nitrogens with zero attached hydrogens (tertiary/aromatic N) is 2. The number of carboxylic acid groups (broad SMARTS) is 1. The number of aromatic carboxylic acids is 1. The van der Waals surface area contributed by atoms with Gasteiger partial charge in [0.1, 0.15) is 5.56 Å². The van der Waals surface area contributed by atoms with Crippen LogP contribution in [0.5, 0.6) is 0 Å². The maximum absolute atomic E-state index is 10.8. The predicted octanol–water partition coefficient (Wildman–Crippen LogP) is -1.64. The Morgan fingerprint density at radius 3 is 2.79 bits per heavy atom. The normalized spacial score (nSPS) is 24.1. The van der Waals surface area contributed by atoms with Crippen LogP contribution in [0.15, 0.2) is 6.20 Å². The fourth-order valence-corrected chi connectivity index (χ4v) is 1.75. The standard InChI is InChI=1S/C9H12N2O2.K.H/c1-5-3-6(5)8-7(9(12)13)4-10-11(8)2;;/h4-6H,3H2,1-2H3,(H,12,13);;/q;+1;-1. The molecule has 14 heavy (non-hydrogen) atoms. The van der Waals surface area contributed by atoms with Crippen LogP contribution in [-0.2, 0) is 7.05 Å². The molecule has 4 nitrogen and oxygen atoms in total. The molecule has 1 N–H and O–H groups in total. The number of hydrogen-bond donors (Lipinski definition) is 1. The molecule has 0 radical (unpaired) electrons. The van der Waals surface area contributed by atoms with E-state index in [2.05, 4.69) is 12.0 Å². The SMILES string of the molecule is CC1CC1c1c(C(=O)O)cnn1C.[H-].[K+]. The molecular weight excluding hydrogens is 207 g/mol. The van der Waals surface area contributed by atoms with E-state index in [1.54, 1.807) is 11.7 Å². The van der Waals surface area contributed by atoms with Crippen molar-refractivity contribution in [3.63, 3.8) is 0 Å². The third-order valence-electron chi connectivity index (χ3n) is 2.68. The fourth-order valence-electron chi connectivity index (χ4n) is 1.75. The Hall–Kier alpha value is 0.316. The molecule has 0 bridgehead atoms. The van der Waals surface area contributed by atoms with E-state index in [1.165, 1.54) is 6.20 Å². The average molecular weight is 220 g/mol. The van der Waals surface area contributed by atoms with Gasteiger partial charge in [-0.2, -0.15) is 5.10 Å². The van der Waals surface area contributed by atoms with E-state index in [0.29, 0.717) is 17.4 Å². The minimum absolute atomic E-state index is 0. The molecule has 5 heteroatoms. The number of aromatic nitrogens is 2. The number of rotatable bonds is 2. The topological polar surface area (TPSA) is 55.1 Å². The molecule has 1 aliphatic carbocycles. The summed E-state index contributed by atoms with van der Waals surface area (Å²) >= 11 is 0. The van der Waals surface area contributed by atoms with E-state index in [1.807, 2.05) is 0 Å². The maximum atomic E-state index is 10.8. The van der Waals surface area contributed by atoms with Crippen LogP contribution in [-0.4, -0.2) is 20.9 Å². The Balaban J connectivity index is 0.000000980. The smallest absolute Gasteiger partial charge is 1.00 e. The zero-order chi connectivity index (χ0) is 9.59. The van der Waals surface area contributed by atoms with Crippen LogP contribution in [0.3, 0.4) is 0 Å². The zero-order valence-electron chi connectivity index (χ0n) is 9.69. The van der Waals surface area contributed by atoms with Gasteiger partial charge in [-0.1, -0.05) is 6.92 Å². The van der Waals surface area contributed by atoms with Crippen molar-refractivity contribution in [2.75, 3.05) is 0 Å². The van der Waals surface area contributed by atoms with Gasteiger partial charge in [-0.15, -0.1) is 0 Å². The second-order valence-corrected chi connectivity index (χ2v) is 3.69. The van der Waals surface area contributed by atoms with Crippen molar-refractivity contribution in [2.24, 2.45) is 13.0 Å². The van der Waals surface area contributed by atoms with Crippen LogP contribution in [0.25, 0.3) is 0 Å². The number of carbonyl (C=O) groups is 1. The van der Waals surface area contributed by atoms with Crippen LogP contribution in [0, 0.1) is 5.92 Å². The molecule has 0 aliphatic heterocycles. The Morgan fingerprint density at radius 2 is 2.36 bits per heavy atom. The first kappa shape index (κ1) is 12.4. The van der Waals surface area contributed by atoms with E-state index >= 15 is 0 Å². The molecule has 72 valence electrons. The third-order valence-corrected chi connectivity index (χ3v) is 2.68. The summed E-state index contributed by atoms with van der Waals surface area (Å²) in [5.41, 5.74) is 1.23. The molecule has 0 amide bonds. The first-order chi connectivity index (χ1) is 6.11. The fraction of sp³-hybridized carbons (Fsp3) is 0.556. The molecule has 0 spiro atoms. The summed E-state index contributed by atoms with van der Waals surface area (Å²) in [6.07, 6.45) is 2.52. The van der Waals surface area contributed by atoms with E-state index in [4.69, 9.17) is 5.11 Å². The summed E-state index contributed by atoms with van der Waals surface area (Å²) in [7, 11) is 1.80. The Morgan fingerprint density at radius 1 is 1.79 bits per heavy atom. The number of carboxylic acids is 1. The molecule has 1 aromatic rings. The van der Waals surface area contributed by atoms with Crippen molar-refractivity contribution in [2.45, 2.75) is 19.3 Å². The van der Waals surface area contributed by atoms with Gasteiger partial charge in [0.05, 0.1) is 11.9 Å². The van der Waals surface area contributed by atoms with Crippen molar-refractivity contribution in [3.05, 3.63) is 17.5 Å². The zero-order valence-corrected chi connectivity index (χ0v) is 11.8. The van der Waals surface area contributed by atoms with E-state index in [9.17, 15) is 4.79 Å². The molecule has 1 aliphatic rings. The molecule has 2 atom stereocenters. The van der Waals surface area contributed by atoms with Gasteiger partial charge in [-0.25, -0.2) is 4.79 Å². The number of hydrogen-bond acceptors (Lipinski definition) is 2. The van der Waals surface area contributed by atoms with Gasteiger partial charge in [0.25, 0.3) is 0 Å². The molecule has 0 aromatic carbocycles. The van der Waals surface area contributed by atoms with Crippen LogP contribution < -0.4 is 51.4 Å². The Labute approximate surface area is 127 Å². The van der Waals surface area contributed by atoms with Crippen molar-refractivity contribution in [1.82, 2.24) is 9.78 Å². The van der Waals surface area contributed by atoms with Crippen molar-refractivity contribution < 1.29 is 62.7 Å².